The van der Waals surface area contributed by atoms with Crippen LogP contribution in [0.2, 0.25) is 0 Å². The summed E-state index contributed by atoms with van der Waals surface area (Å²) < 4.78 is 0. The molecule has 0 bridgehead atoms. The molecule has 0 unspecified atom stereocenters. The first-order chi connectivity index (χ1) is 6.45. The maximum absolute atomic E-state index is 3.39. The number of nitrogens with one attached hydrogen (secondary N) is 1. The Kier molecular flexibility index (Phi) is 3.27. The van der Waals surface area contributed by atoms with Crippen molar-refractivity contribution < 1.29 is 0 Å². The molecule has 2 heteroatoms. The van der Waals surface area contributed by atoms with E-state index in [1.807, 2.05) is 0 Å². The van der Waals surface area contributed by atoms with Gasteiger partial charge in [0.1, 0.15) is 0 Å². The lowest BCUT2D eigenvalue weighted by molar-refractivity contribution is 0.858. The van der Waals surface area contributed by atoms with Crippen LogP contribution in [-0.4, -0.2) is 18.3 Å². The molecule has 1 aromatic rings. The van der Waals surface area contributed by atoms with Crippen molar-refractivity contribution in [1.82, 2.24) is 5.32 Å². The summed E-state index contributed by atoms with van der Waals surface area (Å²) in [7, 11) is 0. The van der Waals surface area contributed by atoms with Crippen LogP contribution >= 0.6 is 11.8 Å². The van der Waals surface area contributed by atoms with Crippen LogP contribution in [0, 0.1) is 0 Å². The molecule has 2 rings (SSSR count). The zero-order chi connectivity index (χ0) is 8.93. The maximum Gasteiger partial charge on any atom is 0.0187 e. The van der Waals surface area contributed by atoms with Gasteiger partial charge in [0.05, 0.1) is 0 Å². The molecule has 70 valence electrons. The minimum Gasteiger partial charge on any atom is -0.316 e. The Labute approximate surface area is 83.9 Å². The number of benzene rings is 1. The van der Waals surface area contributed by atoms with Crippen LogP contribution < -0.4 is 5.32 Å². The Hall–Kier alpha value is -0.470. The topological polar surface area (TPSA) is 12.0 Å². The summed E-state index contributed by atoms with van der Waals surface area (Å²) in [5, 5.41) is 4.22. The highest BCUT2D eigenvalue weighted by molar-refractivity contribution is 7.99. The first-order valence-corrected chi connectivity index (χ1v) is 5.86. The van der Waals surface area contributed by atoms with E-state index in [1.165, 1.54) is 25.1 Å². The lowest BCUT2D eigenvalue weighted by Crippen LogP contribution is -2.10. The molecule has 1 nitrogen and oxygen atoms in total. The normalized spacial score (nSPS) is 22.0. The second-order valence-electron chi connectivity index (χ2n) is 3.41. The highest BCUT2D eigenvalue weighted by Gasteiger charge is 2.13. The van der Waals surface area contributed by atoms with Crippen LogP contribution in [0.15, 0.2) is 30.3 Å². The summed E-state index contributed by atoms with van der Waals surface area (Å²) >= 11 is 2.07. The van der Waals surface area contributed by atoms with Gasteiger partial charge in [0.15, 0.2) is 0 Å². The van der Waals surface area contributed by atoms with Crippen LogP contribution in [0.1, 0.15) is 12.0 Å². The molecule has 0 radical (unpaired) electrons. The Bertz CT molecular complexity index is 242. The van der Waals surface area contributed by atoms with Gasteiger partial charge in [-0.15, -0.1) is 0 Å². The van der Waals surface area contributed by atoms with Gasteiger partial charge in [0.2, 0.25) is 0 Å². The first-order valence-electron chi connectivity index (χ1n) is 4.81. The quantitative estimate of drug-likeness (QED) is 0.790. The van der Waals surface area contributed by atoms with Crippen LogP contribution in [0.5, 0.6) is 0 Å². The summed E-state index contributed by atoms with van der Waals surface area (Å²) in [6, 6.07) is 10.7. The zero-order valence-electron chi connectivity index (χ0n) is 7.70. The van der Waals surface area contributed by atoms with Crippen molar-refractivity contribution in [2.24, 2.45) is 0 Å². The molecule has 1 aromatic carbocycles. The monoisotopic (exact) mass is 193 g/mol. The fraction of sp³-hybridized carbons (Fsp3) is 0.455. The third-order valence-corrected chi connectivity index (χ3v) is 3.72. The molecule has 0 spiro atoms. The minimum absolute atomic E-state index is 0.834. The minimum atomic E-state index is 0.834. The summed E-state index contributed by atoms with van der Waals surface area (Å²) in [6.07, 6.45) is 1.33. The van der Waals surface area contributed by atoms with Gasteiger partial charge >= 0.3 is 0 Å². The second kappa shape index (κ2) is 4.68. The lowest BCUT2D eigenvalue weighted by Gasteiger charge is -2.07. The summed E-state index contributed by atoms with van der Waals surface area (Å²) in [5.74, 6) is 1.16. The van der Waals surface area contributed by atoms with E-state index >= 15 is 0 Å². The molecular weight excluding hydrogens is 178 g/mol. The average molecular weight is 193 g/mol. The predicted molar refractivity (Wildman–Crippen MR) is 59.0 cm³/mol. The third kappa shape index (κ3) is 2.75. The van der Waals surface area contributed by atoms with E-state index in [-0.39, 0.29) is 0 Å². The van der Waals surface area contributed by atoms with E-state index in [1.54, 1.807) is 0 Å². The molecule has 1 saturated heterocycles. The Morgan fingerprint density at radius 1 is 1.31 bits per heavy atom. The molecule has 0 amide bonds. The standard InChI is InChI=1S/C11H15NS/c1-2-4-10(5-3-1)9-13-11-6-7-12-8-11/h1-5,11-12H,6-9H2/t11-/m1/s1. The Morgan fingerprint density at radius 2 is 2.15 bits per heavy atom. The average Bonchev–Trinajstić information content (AvgIpc) is 2.69. The smallest absolute Gasteiger partial charge is 0.0187 e. The summed E-state index contributed by atoms with van der Waals surface area (Å²) in [4.78, 5) is 0. The Balaban J connectivity index is 1.79. The molecule has 1 N–H and O–H groups in total. The van der Waals surface area contributed by atoms with Crippen molar-refractivity contribution in [1.29, 1.82) is 0 Å². The highest BCUT2D eigenvalue weighted by atomic mass is 32.2. The zero-order valence-corrected chi connectivity index (χ0v) is 8.52. The van der Waals surface area contributed by atoms with Gasteiger partial charge in [-0.1, -0.05) is 30.3 Å². The van der Waals surface area contributed by atoms with Crippen molar-refractivity contribution in [2.75, 3.05) is 13.1 Å². The lowest BCUT2D eigenvalue weighted by atomic mass is 10.2. The van der Waals surface area contributed by atoms with Gasteiger partial charge in [0, 0.05) is 17.5 Å². The van der Waals surface area contributed by atoms with E-state index in [9.17, 15) is 0 Å². The molecule has 1 aliphatic heterocycles. The molecule has 0 saturated carbocycles. The highest BCUT2D eigenvalue weighted by Crippen LogP contribution is 2.21. The van der Waals surface area contributed by atoms with E-state index in [2.05, 4.69) is 47.4 Å². The van der Waals surface area contributed by atoms with Crippen molar-refractivity contribution in [3.63, 3.8) is 0 Å². The van der Waals surface area contributed by atoms with Crippen molar-refractivity contribution in [2.45, 2.75) is 17.4 Å². The van der Waals surface area contributed by atoms with Crippen molar-refractivity contribution in [3.05, 3.63) is 35.9 Å². The first kappa shape index (κ1) is 9.10. The van der Waals surface area contributed by atoms with Crippen LogP contribution in [0.25, 0.3) is 0 Å². The molecule has 1 fully saturated rings. The molecular formula is C11H15NS. The number of hydrogen-bond donors (Lipinski definition) is 1. The van der Waals surface area contributed by atoms with E-state index in [0.29, 0.717) is 0 Å². The molecule has 0 aliphatic carbocycles. The Morgan fingerprint density at radius 3 is 2.85 bits per heavy atom. The largest absolute Gasteiger partial charge is 0.316 e. The van der Waals surface area contributed by atoms with E-state index in [0.717, 1.165) is 11.0 Å². The number of rotatable bonds is 3. The second-order valence-corrected chi connectivity index (χ2v) is 4.70. The van der Waals surface area contributed by atoms with Gasteiger partial charge in [0.25, 0.3) is 0 Å². The molecule has 1 heterocycles. The van der Waals surface area contributed by atoms with Crippen molar-refractivity contribution >= 4 is 11.8 Å². The predicted octanol–water partition coefficient (Wildman–Crippen LogP) is 2.28. The molecule has 1 atom stereocenters. The van der Waals surface area contributed by atoms with Crippen molar-refractivity contribution in [3.8, 4) is 0 Å². The van der Waals surface area contributed by atoms with Gasteiger partial charge in [-0.05, 0) is 18.5 Å². The summed E-state index contributed by atoms with van der Waals surface area (Å²) in [5.41, 5.74) is 1.44. The SMILES string of the molecule is c1ccc(CS[C@@H]2CCNC2)cc1. The van der Waals surface area contributed by atoms with Gasteiger partial charge in [-0.2, -0.15) is 11.8 Å². The number of hydrogen-bond acceptors (Lipinski definition) is 2. The van der Waals surface area contributed by atoms with E-state index < -0.39 is 0 Å². The van der Waals surface area contributed by atoms with Gasteiger partial charge in [-0.3, -0.25) is 0 Å². The molecule has 13 heavy (non-hydrogen) atoms. The number of thioether (sulfide) groups is 1. The molecule has 1 aliphatic rings. The summed E-state index contributed by atoms with van der Waals surface area (Å²) in [6.45, 7) is 2.39. The fourth-order valence-electron chi connectivity index (χ4n) is 1.56. The van der Waals surface area contributed by atoms with Gasteiger partial charge < -0.3 is 5.32 Å². The maximum atomic E-state index is 3.39. The van der Waals surface area contributed by atoms with Gasteiger partial charge in [-0.25, -0.2) is 0 Å². The van der Waals surface area contributed by atoms with E-state index in [4.69, 9.17) is 0 Å². The molecule has 0 aromatic heterocycles. The van der Waals surface area contributed by atoms with Crippen LogP contribution in [0.4, 0.5) is 0 Å². The fourth-order valence-corrected chi connectivity index (χ4v) is 2.70. The van der Waals surface area contributed by atoms with Crippen LogP contribution in [0.3, 0.4) is 0 Å². The van der Waals surface area contributed by atoms with Crippen LogP contribution in [-0.2, 0) is 5.75 Å². The third-order valence-electron chi connectivity index (χ3n) is 2.34.